The van der Waals surface area contributed by atoms with E-state index >= 15 is 0 Å². The summed E-state index contributed by atoms with van der Waals surface area (Å²) in [7, 11) is 0. The van der Waals surface area contributed by atoms with E-state index in [9.17, 15) is 0 Å². The second-order valence-electron chi connectivity index (χ2n) is 5.57. The highest BCUT2D eigenvalue weighted by Crippen LogP contribution is 2.33. The van der Waals surface area contributed by atoms with Gasteiger partial charge in [0.05, 0.1) is 10.2 Å². The van der Waals surface area contributed by atoms with E-state index in [-0.39, 0.29) is 0 Å². The summed E-state index contributed by atoms with van der Waals surface area (Å²) in [6.07, 6.45) is 9.01. The fourth-order valence-electron chi connectivity index (χ4n) is 3.22. The molecule has 102 valence electrons. The molecule has 1 aliphatic rings. The van der Waals surface area contributed by atoms with Crippen LogP contribution in [0.15, 0.2) is 23.7 Å². The van der Waals surface area contributed by atoms with Crippen molar-refractivity contribution in [2.75, 3.05) is 6.54 Å². The zero-order chi connectivity index (χ0) is 13.1. The van der Waals surface area contributed by atoms with Gasteiger partial charge in [-0.2, -0.15) is 0 Å². The lowest BCUT2D eigenvalue weighted by Gasteiger charge is -2.21. The first-order valence-corrected chi connectivity index (χ1v) is 8.31. The molecule has 0 aromatic carbocycles. The first-order chi connectivity index (χ1) is 9.36. The number of nitrogens with one attached hydrogen (secondary N) is 1. The molecule has 19 heavy (non-hydrogen) atoms. The lowest BCUT2D eigenvalue weighted by atomic mass is 9.94. The SMILES string of the molecule is CCNC(CC1CCCC1)c1cnc2ccsc2c1. The molecule has 1 atom stereocenters. The predicted octanol–water partition coefficient (Wildman–Crippen LogP) is 4.53. The molecule has 1 N–H and O–H groups in total. The highest BCUT2D eigenvalue weighted by atomic mass is 32.1. The number of fused-ring (bicyclic) bond motifs is 1. The Morgan fingerprint density at radius 3 is 3.05 bits per heavy atom. The highest BCUT2D eigenvalue weighted by molar-refractivity contribution is 7.17. The van der Waals surface area contributed by atoms with Crippen molar-refractivity contribution in [2.24, 2.45) is 5.92 Å². The average Bonchev–Trinajstić information content (AvgIpc) is 3.08. The van der Waals surface area contributed by atoms with Crippen molar-refractivity contribution < 1.29 is 0 Å². The van der Waals surface area contributed by atoms with Gasteiger partial charge in [-0.25, -0.2) is 0 Å². The minimum absolute atomic E-state index is 0.479. The van der Waals surface area contributed by atoms with Gasteiger partial charge in [0.15, 0.2) is 0 Å². The van der Waals surface area contributed by atoms with Crippen LogP contribution in [0.2, 0.25) is 0 Å². The van der Waals surface area contributed by atoms with Gasteiger partial charge in [0.2, 0.25) is 0 Å². The molecule has 3 heteroatoms. The molecule has 0 amide bonds. The number of rotatable bonds is 5. The van der Waals surface area contributed by atoms with Crippen LogP contribution in [0.4, 0.5) is 0 Å². The zero-order valence-electron chi connectivity index (χ0n) is 11.6. The number of pyridine rings is 1. The Morgan fingerprint density at radius 2 is 2.26 bits per heavy atom. The van der Waals surface area contributed by atoms with Crippen molar-refractivity contribution in [1.29, 1.82) is 0 Å². The summed E-state index contributed by atoms with van der Waals surface area (Å²) < 4.78 is 1.31. The molecule has 1 unspecified atom stereocenters. The van der Waals surface area contributed by atoms with Gasteiger partial charge >= 0.3 is 0 Å². The molecule has 1 aliphatic carbocycles. The largest absolute Gasteiger partial charge is 0.310 e. The molecule has 2 nitrogen and oxygen atoms in total. The topological polar surface area (TPSA) is 24.9 Å². The maximum absolute atomic E-state index is 4.59. The van der Waals surface area contributed by atoms with Gasteiger partial charge in [0.1, 0.15) is 0 Å². The predicted molar refractivity (Wildman–Crippen MR) is 82.6 cm³/mol. The summed E-state index contributed by atoms with van der Waals surface area (Å²) in [5, 5.41) is 5.77. The summed E-state index contributed by atoms with van der Waals surface area (Å²) in [5.74, 6) is 0.906. The van der Waals surface area contributed by atoms with Crippen LogP contribution in [0.3, 0.4) is 0 Å². The third-order valence-corrected chi connectivity index (χ3v) is 5.07. The van der Waals surface area contributed by atoms with E-state index in [4.69, 9.17) is 0 Å². The van der Waals surface area contributed by atoms with E-state index in [0.29, 0.717) is 6.04 Å². The third-order valence-electron chi connectivity index (χ3n) is 4.22. The van der Waals surface area contributed by atoms with Gasteiger partial charge in [-0.05, 0) is 42.0 Å². The summed E-state index contributed by atoms with van der Waals surface area (Å²) in [6.45, 7) is 3.22. The summed E-state index contributed by atoms with van der Waals surface area (Å²) in [5.41, 5.74) is 2.49. The van der Waals surface area contributed by atoms with Crippen LogP contribution in [-0.4, -0.2) is 11.5 Å². The number of hydrogen-bond acceptors (Lipinski definition) is 3. The van der Waals surface area contributed by atoms with Crippen molar-refractivity contribution in [2.45, 2.75) is 45.1 Å². The maximum Gasteiger partial charge on any atom is 0.0809 e. The Morgan fingerprint density at radius 1 is 1.42 bits per heavy atom. The van der Waals surface area contributed by atoms with E-state index < -0.39 is 0 Å². The first kappa shape index (κ1) is 13.1. The standard InChI is InChI=1S/C16H22N2S/c1-2-17-15(9-12-5-3-4-6-12)13-10-16-14(18-11-13)7-8-19-16/h7-8,10-12,15,17H,2-6,9H2,1H3. The van der Waals surface area contributed by atoms with Crippen LogP contribution < -0.4 is 5.32 Å². The van der Waals surface area contributed by atoms with E-state index in [2.05, 4.69) is 40.9 Å². The van der Waals surface area contributed by atoms with Gasteiger partial charge in [-0.1, -0.05) is 32.6 Å². The van der Waals surface area contributed by atoms with Crippen molar-refractivity contribution in [3.05, 3.63) is 29.3 Å². The summed E-state index contributed by atoms with van der Waals surface area (Å²) in [4.78, 5) is 4.59. The minimum Gasteiger partial charge on any atom is -0.310 e. The van der Waals surface area contributed by atoms with Gasteiger partial charge in [-0.3, -0.25) is 4.98 Å². The maximum atomic E-state index is 4.59. The van der Waals surface area contributed by atoms with E-state index in [0.717, 1.165) is 18.0 Å². The smallest absolute Gasteiger partial charge is 0.0809 e. The van der Waals surface area contributed by atoms with Crippen molar-refractivity contribution in [3.63, 3.8) is 0 Å². The Labute approximate surface area is 119 Å². The molecule has 0 aliphatic heterocycles. The van der Waals surface area contributed by atoms with Crippen LogP contribution in [0.1, 0.15) is 50.6 Å². The molecule has 0 bridgehead atoms. The van der Waals surface area contributed by atoms with Crippen LogP contribution in [0.5, 0.6) is 0 Å². The Kier molecular flexibility index (Phi) is 4.14. The molecule has 0 radical (unpaired) electrons. The van der Waals surface area contributed by atoms with Gasteiger partial charge in [0, 0.05) is 12.2 Å². The molecule has 1 fully saturated rings. The number of nitrogens with zero attached hydrogens (tertiary/aromatic N) is 1. The number of aromatic nitrogens is 1. The van der Waals surface area contributed by atoms with Crippen molar-refractivity contribution in [3.8, 4) is 0 Å². The average molecular weight is 274 g/mol. The molecule has 2 heterocycles. The normalized spacial score (nSPS) is 18.2. The van der Waals surface area contributed by atoms with Crippen LogP contribution >= 0.6 is 11.3 Å². The van der Waals surface area contributed by atoms with E-state index in [1.54, 1.807) is 11.3 Å². The highest BCUT2D eigenvalue weighted by Gasteiger charge is 2.21. The zero-order valence-corrected chi connectivity index (χ0v) is 12.4. The van der Waals surface area contributed by atoms with Gasteiger partial charge in [0.25, 0.3) is 0 Å². The van der Waals surface area contributed by atoms with Gasteiger partial charge in [-0.15, -0.1) is 11.3 Å². The fraction of sp³-hybridized carbons (Fsp3) is 0.562. The lowest BCUT2D eigenvalue weighted by molar-refractivity contribution is 0.400. The van der Waals surface area contributed by atoms with Crippen molar-refractivity contribution >= 4 is 21.6 Å². The first-order valence-electron chi connectivity index (χ1n) is 7.43. The molecule has 1 saturated carbocycles. The summed E-state index contributed by atoms with van der Waals surface area (Å²) in [6, 6.07) is 4.91. The van der Waals surface area contributed by atoms with Crippen LogP contribution in [0, 0.1) is 5.92 Å². The Bertz CT molecular complexity index is 528. The van der Waals surface area contributed by atoms with Gasteiger partial charge < -0.3 is 5.32 Å². The number of thiophene rings is 1. The Hall–Kier alpha value is -0.930. The molecule has 0 spiro atoms. The van der Waals surface area contributed by atoms with Crippen LogP contribution in [-0.2, 0) is 0 Å². The molecule has 2 aromatic heterocycles. The van der Waals surface area contributed by atoms with E-state index in [1.165, 1.54) is 42.4 Å². The molecule has 0 saturated heterocycles. The molecule has 3 rings (SSSR count). The monoisotopic (exact) mass is 274 g/mol. The minimum atomic E-state index is 0.479. The summed E-state index contributed by atoms with van der Waals surface area (Å²) >= 11 is 1.79. The van der Waals surface area contributed by atoms with Crippen LogP contribution in [0.25, 0.3) is 10.2 Å². The second-order valence-corrected chi connectivity index (χ2v) is 6.52. The van der Waals surface area contributed by atoms with Crippen molar-refractivity contribution in [1.82, 2.24) is 10.3 Å². The fourth-order valence-corrected chi connectivity index (χ4v) is 4.00. The van der Waals surface area contributed by atoms with E-state index in [1.807, 2.05) is 0 Å². The molecule has 2 aromatic rings. The lowest BCUT2D eigenvalue weighted by Crippen LogP contribution is -2.23. The third kappa shape index (κ3) is 2.98. The number of hydrogen-bond donors (Lipinski definition) is 1. The molecular weight excluding hydrogens is 252 g/mol. The molecular formula is C16H22N2S. The second kappa shape index (κ2) is 6.02. The quantitative estimate of drug-likeness (QED) is 0.866. The Balaban J connectivity index is 1.80.